The van der Waals surface area contributed by atoms with Crippen molar-refractivity contribution >= 4 is 17.2 Å². The molecule has 1 amide bonds. The summed E-state index contributed by atoms with van der Waals surface area (Å²) in [7, 11) is 0. The molecule has 1 unspecified atom stereocenters. The molecule has 3 N–H and O–H groups in total. The van der Waals surface area contributed by atoms with Gasteiger partial charge in [0.25, 0.3) is 0 Å². The highest BCUT2D eigenvalue weighted by molar-refractivity contribution is 5.93. The maximum Gasteiger partial charge on any atom is 0.248 e. The molecule has 0 saturated carbocycles. The number of aromatic nitrogens is 3. The van der Waals surface area contributed by atoms with Crippen LogP contribution in [0.1, 0.15) is 47.7 Å². The number of rotatable bonds is 7. The van der Waals surface area contributed by atoms with Crippen molar-refractivity contribution in [3.63, 3.8) is 0 Å². The van der Waals surface area contributed by atoms with Gasteiger partial charge in [-0.15, -0.1) is 0 Å². The predicted molar refractivity (Wildman–Crippen MR) is 139 cm³/mol. The largest absolute Gasteiger partial charge is 0.489 e. The number of fused-ring (bicyclic) bond motifs is 1. The number of nitrogens with zero attached hydrogens (tertiary/aromatic N) is 5. The number of anilines is 1. The number of amides is 1. The van der Waals surface area contributed by atoms with Crippen LogP contribution in [0.3, 0.4) is 0 Å². The molecule has 1 saturated heterocycles. The molecule has 4 heterocycles. The first-order chi connectivity index (χ1) is 17.7. The summed E-state index contributed by atoms with van der Waals surface area (Å²) < 4.78 is 7.43. The Balaban J connectivity index is 1.40. The number of hydrogen-bond acceptors (Lipinski definition) is 7. The Morgan fingerprint density at radius 1 is 1.27 bits per heavy atom. The van der Waals surface area contributed by atoms with Crippen molar-refractivity contribution < 1.29 is 14.6 Å². The van der Waals surface area contributed by atoms with Crippen molar-refractivity contribution in [1.29, 1.82) is 5.26 Å². The summed E-state index contributed by atoms with van der Waals surface area (Å²) in [4.78, 5) is 18.5. The van der Waals surface area contributed by atoms with Crippen LogP contribution in [-0.2, 0) is 0 Å². The molecular formula is C28H28N6O3. The summed E-state index contributed by atoms with van der Waals surface area (Å²) in [6.45, 7) is 5.10. The lowest BCUT2D eigenvalue weighted by molar-refractivity contribution is 0.0283. The highest BCUT2D eigenvalue weighted by Crippen LogP contribution is 2.34. The van der Waals surface area contributed by atoms with Gasteiger partial charge in [-0.3, -0.25) is 4.79 Å². The Kier molecular flexibility index (Phi) is 6.27. The summed E-state index contributed by atoms with van der Waals surface area (Å²) in [5.74, 6) is 1.25. The van der Waals surface area contributed by atoms with Gasteiger partial charge < -0.3 is 20.5 Å². The van der Waals surface area contributed by atoms with E-state index >= 15 is 0 Å². The number of benzene rings is 1. The Morgan fingerprint density at radius 3 is 2.81 bits per heavy atom. The van der Waals surface area contributed by atoms with E-state index in [4.69, 9.17) is 15.5 Å². The quantitative estimate of drug-likeness (QED) is 0.400. The number of nitrogens with two attached hydrogens (primary N) is 1. The SMILES string of the molecule is CC(C)(O)COc1cc(-c2ccc(N3CCC(c4cccc(C(N)=O)c4)C3)nc2)c2c(C#N)cnn2c1. The summed E-state index contributed by atoms with van der Waals surface area (Å²) in [5, 5.41) is 24.0. The van der Waals surface area contributed by atoms with E-state index in [1.165, 1.54) is 6.20 Å². The fourth-order valence-electron chi connectivity index (χ4n) is 4.66. The fraction of sp³-hybridized carbons (Fsp3) is 0.286. The average Bonchev–Trinajstić information content (AvgIpc) is 3.54. The van der Waals surface area contributed by atoms with Gasteiger partial charge in [-0.1, -0.05) is 12.1 Å². The number of ether oxygens (including phenoxy) is 1. The van der Waals surface area contributed by atoms with E-state index in [2.05, 4.69) is 16.1 Å². The van der Waals surface area contributed by atoms with Crippen LogP contribution in [0.25, 0.3) is 16.6 Å². The highest BCUT2D eigenvalue weighted by Gasteiger charge is 2.25. The van der Waals surface area contributed by atoms with Gasteiger partial charge in [0, 0.05) is 41.9 Å². The van der Waals surface area contributed by atoms with Gasteiger partial charge in [-0.25, -0.2) is 9.50 Å². The van der Waals surface area contributed by atoms with Crippen LogP contribution in [0, 0.1) is 11.3 Å². The highest BCUT2D eigenvalue weighted by atomic mass is 16.5. The standard InChI is InChI=1S/C28H28N6O3/c1-28(2,36)17-37-23-11-24(26-22(12-29)14-32-34(26)16-23)20-6-7-25(31-13-20)33-9-8-21(15-33)18-4-3-5-19(10-18)27(30)35/h3-7,10-11,13-14,16,21,36H,8-9,15,17H2,1-2H3,(H2,30,35). The second-order valence-electron chi connectivity index (χ2n) is 9.98. The molecule has 5 rings (SSSR count). The van der Waals surface area contributed by atoms with Crippen LogP contribution in [0.4, 0.5) is 5.82 Å². The number of aliphatic hydroxyl groups is 1. The van der Waals surface area contributed by atoms with E-state index in [0.717, 1.165) is 42.0 Å². The number of carbonyl (C=O) groups is 1. The molecule has 9 heteroatoms. The van der Waals surface area contributed by atoms with Crippen LogP contribution in [0.15, 0.2) is 61.1 Å². The van der Waals surface area contributed by atoms with Gasteiger partial charge >= 0.3 is 0 Å². The minimum Gasteiger partial charge on any atom is -0.489 e. The lowest BCUT2D eigenvalue weighted by Crippen LogP contribution is -2.27. The van der Waals surface area contributed by atoms with Crippen LogP contribution >= 0.6 is 0 Å². The molecule has 0 spiro atoms. The molecule has 0 bridgehead atoms. The molecule has 1 atom stereocenters. The molecule has 1 aliphatic heterocycles. The molecule has 1 aliphatic rings. The first-order valence-corrected chi connectivity index (χ1v) is 12.1. The molecule has 4 aromatic rings. The number of primary amides is 1. The van der Waals surface area contributed by atoms with E-state index in [0.29, 0.717) is 22.4 Å². The van der Waals surface area contributed by atoms with Crippen LogP contribution in [0.2, 0.25) is 0 Å². The minimum atomic E-state index is -0.991. The minimum absolute atomic E-state index is 0.111. The lowest BCUT2D eigenvalue weighted by atomic mass is 9.96. The Morgan fingerprint density at radius 2 is 2.11 bits per heavy atom. The fourth-order valence-corrected chi connectivity index (χ4v) is 4.66. The van der Waals surface area contributed by atoms with Gasteiger partial charge in [0.05, 0.1) is 29.1 Å². The monoisotopic (exact) mass is 496 g/mol. The van der Waals surface area contributed by atoms with Crippen LogP contribution in [0.5, 0.6) is 5.75 Å². The third-order valence-electron chi connectivity index (χ3n) is 6.51. The van der Waals surface area contributed by atoms with E-state index in [1.807, 2.05) is 36.4 Å². The zero-order valence-corrected chi connectivity index (χ0v) is 20.8. The Bertz CT molecular complexity index is 1500. The molecule has 0 radical (unpaired) electrons. The van der Waals surface area contributed by atoms with Crippen molar-refractivity contribution in [2.24, 2.45) is 5.73 Å². The van der Waals surface area contributed by atoms with Crippen molar-refractivity contribution in [3.8, 4) is 22.9 Å². The molecule has 1 aromatic carbocycles. The molecule has 188 valence electrons. The maximum atomic E-state index is 11.6. The van der Waals surface area contributed by atoms with Gasteiger partial charge in [-0.2, -0.15) is 10.4 Å². The topological polar surface area (TPSA) is 130 Å². The summed E-state index contributed by atoms with van der Waals surface area (Å²) in [6, 6.07) is 15.5. The molecule has 3 aromatic heterocycles. The molecule has 0 aliphatic carbocycles. The van der Waals surface area contributed by atoms with Gasteiger partial charge in [0.2, 0.25) is 5.91 Å². The van der Waals surface area contributed by atoms with E-state index in [-0.39, 0.29) is 12.5 Å². The van der Waals surface area contributed by atoms with Crippen molar-refractivity contribution in [1.82, 2.24) is 14.6 Å². The van der Waals surface area contributed by atoms with Crippen molar-refractivity contribution in [2.45, 2.75) is 31.8 Å². The first kappa shape index (κ1) is 24.3. The van der Waals surface area contributed by atoms with Gasteiger partial charge in [0.15, 0.2) is 0 Å². The molecule has 9 nitrogen and oxygen atoms in total. The van der Waals surface area contributed by atoms with Gasteiger partial charge in [0.1, 0.15) is 24.2 Å². The number of pyridine rings is 2. The first-order valence-electron chi connectivity index (χ1n) is 12.1. The maximum absolute atomic E-state index is 11.6. The third kappa shape index (κ3) is 5.10. The number of hydrogen-bond donors (Lipinski definition) is 2. The van der Waals surface area contributed by atoms with E-state index < -0.39 is 11.5 Å². The predicted octanol–water partition coefficient (Wildman–Crippen LogP) is 3.51. The lowest BCUT2D eigenvalue weighted by Gasteiger charge is -2.19. The summed E-state index contributed by atoms with van der Waals surface area (Å²) in [5.41, 5.74) is 8.80. The van der Waals surface area contributed by atoms with Crippen LogP contribution < -0.4 is 15.4 Å². The van der Waals surface area contributed by atoms with Crippen LogP contribution in [-0.4, -0.2) is 50.9 Å². The molecule has 1 fully saturated rings. The van der Waals surface area contributed by atoms with E-state index in [1.54, 1.807) is 36.8 Å². The second kappa shape index (κ2) is 9.56. The zero-order chi connectivity index (χ0) is 26.2. The van der Waals surface area contributed by atoms with Gasteiger partial charge in [-0.05, 0) is 56.2 Å². The normalized spacial score (nSPS) is 15.6. The summed E-state index contributed by atoms with van der Waals surface area (Å²) >= 11 is 0. The number of nitriles is 1. The van der Waals surface area contributed by atoms with E-state index in [9.17, 15) is 15.2 Å². The van der Waals surface area contributed by atoms with Crippen molar-refractivity contribution in [3.05, 3.63) is 77.7 Å². The Hall–Kier alpha value is -4.42. The number of carbonyl (C=O) groups excluding carboxylic acids is 1. The van der Waals surface area contributed by atoms with Crippen molar-refractivity contribution in [2.75, 3.05) is 24.6 Å². The zero-order valence-electron chi connectivity index (χ0n) is 20.8. The average molecular weight is 497 g/mol. The summed E-state index contributed by atoms with van der Waals surface area (Å²) in [6.07, 6.45) is 5.97. The molecule has 37 heavy (non-hydrogen) atoms. The third-order valence-corrected chi connectivity index (χ3v) is 6.51. The smallest absolute Gasteiger partial charge is 0.248 e. The Labute approximate surface area is 214 Å². The second-order valence-corrected chi connectivity index (χ2v) is 9.98. The molecular weight excluding hydrogens is 468 g/mol.